The van der Waals surface area contributed by atoms with Crippen LogP contribution in [0.3, 0.4) is 0 Å². The van der Waals surface area contributed by atoms with Crippen molar-refractivity contribution in [3.63, 3.8) is 0 Å². The molecule has 484 valence electrons. The summed E-state index contributed by atoms with van der Waals surface area (Å²) in [4.78, 5) is 153. The summed E-state index contributed by atoms with van der Waals surface area (Å²) < 4.78 is 11.2. The molecule has 28 heteroatoms. The molecule has 28 nitrogen and oxygen atoms in total. The Morgan fingerprint density at radius 2 is 1.16 bits per heavy atom. The number of anilines is 1. The lowest BCUT2D eigenvalue weighted by Crippen LogP contribution is -2.60. The molecular formula is C58H94N10O18. The van der Waals surface area contributed by atoms with Crippen molar-refractivity contribution in [2.75, 3.05) is 65.0 Å². The van der Waals surface area contributed by atoms with E-state index in [1.54, 1.807) is 26.0 Å². The van der Waals surface area contributed by atoms with E-state index in [9.17, 15) is 78.0 Å². The zero-order chi connectivity index (χ0) is 64.4. The van der Waals surface area contributed by atoms with Crippen molar-refractivity contribution in [3.05, 3.63) is 29.8 Å². The Balaban J connectivity index is 1.94. The lowest BCUT2D eigenvalue weighted by molar-refractivity contribution is -0.143. The van der Waals surface area contributed by atoms with Crippen molar-refractivity contribution in [2.24, 2.45) is 17.6 Å². The highest BCUT2D eigenvalue weighted by Crippen LogP contribution is 2.29. The molecular weight excluding hydrogens is 1120 g/mol. The molecule has 0 aromatic heterocycles. The van der Waals surface area contributed by atoms with Gasteiger partial charge in [-0.1, -0.05) is 13.3 Å². The van der Waals surface area contributed by atoms with Gasteiger partial charge in [0.1, 0.15) is 24.7 Å². The van der Waals surface area contributed by atoms with Gasteiger partial charge < -0.3 is 78.2 Å². The number of nitrogens with one attached hydrogen (secondary N) is 9. The Labute approximate surface area is 502 Å². The maximum atomic E-state index is 14.0. The molecule has 1 fully saturated rings. The number of aliphatic carboxylic acids is 4. The van der Waals surface area contributed by atoms with Crippen LogP contribution in [0.2, 0.25) is 0 Å². The molecule has 1 aliphatic carbocycles. The van der Waals surface area contributed by atoms with Crippen LogP contribution in [0.25, 0.3) is 0 Å². The van der Waals surface area contributed by atoms with Gasteiger partial charge in [-0.25, -0.2) is 4.79 Å². The number of hydrogen-bond acceptors (Lipinski definition) is 18. The van der Waals surface area contributed by atoms with Gasteiger partial charge in [-0.2, -0.15) is 0 Å². The molecule has 5 unspecified atom stereocenters. The number of carboxylic acids is 4. The smallest absolute Gasteiger partial charge is 0.326 e. The SMILES string of the molecule is CCCCNc1ccc(C(=O)NCCCCC(NC(C)(C)C(=O)COCCOCCNC(C)(C)C(=O)C(CCC(=O)O)NC(=O)C(CCC(=O)O)NC(=O)C(CCC(=O)O)NC(=O)CCC(NC(=O)C2CCC(CNC)CC2)C(=O)O)C(N)=O)cc1. The number of ketones is 2. The lowest BCUT2D eigenvalue weighted by Gasteiger charge is -2.31. The first-order valence-electron chi connectivity index (χ1n) is 29.5. The van der Waals surface area contributed by atoms with Gasteiger partial charge in [-0.15, -0.1) is 0 Å². The van der Waals surface area contributed by atoms with Crippen LogP contribution in [0.4, 0.5) is 5.69 Å². The molecule has 15 N–H and O–H groups in total. The summed E-state index contributed by atoms with van der Waals surface area (Å²) >= 11 is 0. The van der Waals surface area contributed by atoms with E-state index in [0.29, 0.717) is 50.1 Å². The third-order valence-electron chi connectivity index (χ3n) is 14.7. The molecule has 0 radical (unpaired) electrons. The molecule has 0 saturated heterocycles. The van der Waals surface area contributed by atoms with Crippen LogP contribution in [0, 0.1) is 11.8 Å². The van der Waals surface area contributed by atoms with E-state index in [2.05, 4.69) is 54.8 Å². The molecule has 1 aromatic rings. The highest BCUT2D eigenvalue weighted by Gasteiger charge is 2.38. The third-order valence-corrected chi connectivity index (χ3v) is 14.7. The summed E-state index contributed by atoms with van der Waals surface area (Å²) in [7, 11) is 1.83. The van der Waals surface area contributed by atoms with Gasteiger partial charge in [0.15, 0.2) is 11.6 Å². The predicted molar refractivity (Wildman–Crippen MR) is 315 cm³/mol. The quantitative estimate of drug-likeness (QED) is 0.0405. The maximum Gasteiger partial charge on any atom is 0.326 e. The van der Waals surface area contributed by atoms with Crippen LogP contribution < -0.4 is 53.6 Å². The van der Waals surface area contributed by atoms with E-state index in [1.807, 2.05) is 19.2 Å². The number of rotatable bonds is 47. The molecule has 1 aliphatic rings. The van der Waals surface area contributed by atoms with Crippen LogP contribution >= 0.6 is 0 Å². The van der Waals surface area contributed by atoms with Crippen molar-refractivity contribution in [2.45, 2.75) is 185 Å². The Hall–Kier alpha value is -7.14. The Morgan fingerprint density at radius 1 is 0.605 bits per heavy atom. The number of carboxylic acid groups (broad SMARTS) is 4. The second-order valence-corrected chi connectivity index (χ2v) is 22.6. The Kier molecular flexibility index (Phi) is 34.5. The number of amides is 6. The number of nitrogens with two attached hydrogens (primary N) is 1. The summed E-state index contributed by atoms with van der Waals surface area (Å²) in [5.74, 6) is -11.0. The molecule has 2 rings (SSSR count). The number of carbonyl (C=O) groups is 12. The van der Waals surface area contributed by atoms with Crippen molar-refractivity contribution in [1.29, 1.82) is 0 Å². The molecule has 0 spiro atoms. The highest BCUT2D eigenvalue weighted by molar-refractivity contribution is 5.98. The minimum Gasteiger partial charge on any atom is -0.481 e. The van der Waals surface area contributed by atoms with Crippen LogP contribution in [-0.4, -0.2) is 192 Å². The molecule has 5 atom stereocenters. The summed E-state index contributed by atoms with van der Waals surface area (Å²) in [6.07, 6.45) is 1.75. The van der Waals surface area contributed by atoms with Gasteiger partial charge in [-0.05, 0) is 149 Å². The van der Waals surface area contributed by atoms with Gasteiger partial charge >= 0.3 is 23.9 Å². The molecule has 1 saturated carbocycles. The van der Waals surface area contributed by atoms with E-state index in [0.717, 1.165) is 44.5 Å². The number of benzene rings is 1. The van der Waals surface area contributed by atoms with Crippen LogP contribution in [0.1, 0.15) is 154 Å². The van der Waals surface area contributed by atoms with Crippen molar-refractivity contribution in [3.8, 4) is 0 Å². The Bertz CT molecular complexity index is 2400. The monoisotopic (exact) mass is 1220 g/mol. The molecule has 0 bridgehead atoms. The molecule has 86 heavy (non-hydrogen) atoms. The van der Waals surface area contributed by atoms with Crippen molar-refractivity contribution in [1.82, 2.24) is 42.5 Å². The average molecular weight is 1220 g/mol. The molecule has 0 aliphatic heterocycles. The van der Waals surface area contributed by atoms with E-state index in [1.165, 1.54) is 13.8 Å². The summed E-state index contributed by atoms with van der Waals surface area (Å²) in [5, 5.41) is 63.1. The van der Waals surface area contributed by atoms with Crippen LogP contribution in [0.15, 0.2) is 24.3 Å². The van der Waals surface area contributed by atoms with E-state index in [-0.39, 0.29) is 44.7 Å². The van der Waals surface area contributed by atoms with Gasteiger partial charge in [0, 0.05) is 62.5 Å². The predicted octanol–water partition coefficient (Wildman–Crippen LogP) is 0.985. The maximum absolute atomic E-state index is 14.0. The topological polar surface area (TPSA) is 439 Å². The Morgan fingerprint density at radius 3 is 1.72 bits per heavy atom. The highest BCUT2D eigenvalue weighted by atomic mass is 16.5. The third kappa shape index (κ3) is 29.8. The standard InChI is InChI=1S/C58H94N10O18/c1-7-8-28-61-39-18-16-37(17-19-39)52(79)62-29-10-9-11-41(51(59)78)68-57(2,3)45(69)35-86-33-32-85-31-30-63-58(4,5)50(77)40(21-25-47(71)72)65-55(82)43(23-27-49(75)76)66-54(81)42(22-26-48(73)74)64-46(70)24-20-44(56(83)84)67-53(80)38-14-12-36(13-15-38)34-60-6/h16-19,36,38,40-44,60-61,63,68H,7-15,20-35H2,1-6H3,(H2,59,78)(H,62,79)(H,64,70)(H,65,82)(H,66,81)(H,67,80)(H,71,72)(H,73,74)(H,75,76)(H,83,84). The zero-order valence-electron chi connectivity index (χ0n) is 50.6. The van der Waals surface area contributed by atoms with E-state index >= 15 is 0 Å². The van der Waals surface area contributed by atoms with Gasteiger partial charge in [0.05, 0.1) is 43.0 Å². The largest absolute Gasteiger partial charge is 0.481 e. The first-order chi connectivity index (χ1) is 40.6. The summed E-state index contributed by atoms with van der Waals surface area (Å²) in [6, 6.07) is 0.0167. The zero-order valence-corrected chi connectivity index (χ0v) is 50.6. The number of primary amides is 1. The second kappa shape index (κ2) is 39.5. The minimum absolute atomic E-state index is 0.0130. The number of unbranched alkanes of at least 4 members (excludes halogenated alkanes) is 2. The van der Waals surface area contributed by atoms with Gasteiger partial charge in [0.25, 0.3) is 5.91 Å². The fourth-order valence-electron chi connectivity index (χ4n) is 9.41. The van der Waals surface area contributed by atoms with Gasteiger partial charge in [0.2, 0.25) is 29.5 Å². The number of hydrogen-bond donors (Lipinski definition) is 14. The van der Waals surface area contributed by atoms with Crippen molar-refractivity contribution < 1.29 is 87.4 Å². The minimum atomic E-state index is -1.71. The lowest BCUT2D eigenvalue weighted by atomic mass is 9.81. The van der Waals surface area contributed by atoms with Gasteiger partial charge in [-0.3, -0.25) is 58.1 Å². The molecule has 1 aromatic carbocycles. The average Bonchev–Trinajstić information content (AvgIpc) is 3.43. The number of carbonyl (C=O) groups excluding carboxylic acids is 8. The first kappa shape index (κ1) is 75.0. The van der Waals surface area contributed by atoms with Crippen molar-refractivity contribution >= 4 is 76.6 Å². The molecule has 6 amide bonds. The van der Waals surface area contributed by atoms with Crippen LogP contribution in [-0.2, 0) is 62.2 Å². The fraction of sp³-hybridized carbons (Fsp3) is 0.690. The normalized spacial score (nSPS) is 16.0. The summed E-state index contributed by atoms with van der Waals surface area (Å²) in [6.45, 7) is 9.95. The van der Waals surface area contributed by atoms with Crippen LogP contribution in [0.5, 0.6) is 0 Å². The number of ether oxygens (including phenoxy) is 2. The summed E-state index contributed by atoms with van der Waals surface area (Å²) in [5.41, 5.74) is 4.46. The first-order valence-corrected chi connectivity index (χ1v) is 29.5. The second-order valence-electron chi connectivity index (χ2n) is 22.6. The molecule has 0 heterocycles. The number of Topliss-reactive ketones (excluding diaryl/α,β-unsaturated/α-hetero) is 2. The van der Waals surface area contributed by atoms with E-state index in [4.69, 9.17) is 15.2 Å². The fourth-order valence-corrected chi connectivity index (χ4v) is 9.41. The van der Waals surface area contributed by atoms with E-state index < -0.39 is 158 Å².